The van der Waals surface area contributed by atoms with E-state index in [9.17, 15) is 0 Å². The van der Waals surface area contributed by atoms with Gasteiger partial charge in [-0.2, -0.15) is 0 Å². The van der Waals surface area contributed by atoms with E-state index in [1.807, 2.05) is 19.2 Å². The number of rotatable bonds is 11. The van der Waals surface area contributed by atoms with E-state index in [1.54, 1.807) is 23.6 Å². The Kier molecular flexibility index (Phi) is 9.93. The first-order valence-corrected chi connectivity index (χ1v) is 10.6. The highest BCUT2D eigenvalue weighted by Gasteiger charge is 2.11. The lowest BCUT2D eigenvalue weighted by atomic mass is 10.1. The van der Waals surface area contributed by atoms with Crippen molar-refractivity contribution in [2.45, 2.75) is 31.7 Å². The van der Waals surface area contributed by atoms with Crippen LogP contribution in [0.15, 0.2) is 47.6 Å². The third-order valence-electron chi connectivity index (χ3n) is 4.41. The van der Waals surface area contributed by atoms with Crippen LogP contribution in [-0.4, -0.2) is 39.6 Å². The number of para-hydroxylation sites is 1. The largest absolute Gasteiger partial charge is 0.493 e. The molecule has 3 aromatic rings. The molecule has 2 aromatic carbocycles. The average Bonchev–Trinajstić information content (AvgIpc) is 3.15. The number of nitrogens with zero attached hydrogens (tertiary/aromatic N) is 4. The Hall–Kier alpha value is -2.29. The fourth-order valence-corrected chi connectivity index (χ4v) is 3.58. The van der Waals surface area contributed by atoms with Crippen LogP contribution in [0.25, 0.3) is 0 Å². The Morgan fingerprint density at radius 2 is 1.93 bits per heavy atom. The first-order chi connectivity index (χ1) is 14.2. The Balaban J connectivity index is 0.00000320. The Morgan fingerprint density at radius 1 is 1.13 bits per heavy atom. The second-order valence-corrected chi connectivity index (χ2v) is 7.75. The third-order valence-corrected chi connectivity index (χ3v) is 5.51. The summed E-state index contributed by atoms with van der Waals surface area (Å²) in [5, 5.41) is 15.8. The lowest BCUT2D eigenvalue weighted by Gasteiger charge is -2.16. The lowest BCUT2D eigenvalue weighted by molar-refractivity contribution is 0.280. The molecule has 0 radical (unpaired) electrons. The van der Waals surface area contributed by atoms with Crippen LogP contribution < -0.4 is 14.8 Å². The Bertz CT molecular complexity index is 905. The van der Waals surface area contributed by atoms with Crippen molar-refractivity contribution in [1.82, 2.24) is 25.5 Å². The maximum absolute atomic E-state index is 6.13. The number of halogens is 1. The zero-order valence-corrected chi connectivity index (χ0v) is 19.1. The number of thioether (sulfide) groups is 1. The summed E-state index contributed by atoms with van der Waals surface area (Å²) in [5.41, 5.74) is 3.46. The topological polar surface area (TPSA) is 74.1 Å². The van der Waals surface area contributed by atoms with Gasteiger partial charge >= 0.3 is 0 Å². The molecule has 0 spiro atoms. The zero-order chi connectivity index (χ0) is 20.5. The van der Waals surface area contributed by atoms with Gasteiger partial charge < -0.3 is 14.8 Å². The van der Waals surface area contributed by atoms with Crippen LogP contribution in [0, 0.1) is 6.92 Å². The van der Waals surface area contributed by atoms with Gasteiger partial charge in [0.2, 0.25) is 5.16 Å². The molecule has 162 valence electrons. The molecule has 1 N–H and O–H groups in total. The van der Waals surface area contributed by atoms with Crippen molar-refractivity contribution in [2.24, 2.45) is 7.05 Å². The maximum Gasteiger partial charge on any atom is 0.209 e. The zero-order valence-electron chi connectivity index (χ0n) is 17.5. The highest BCUT2D eigenvalue weighted by molar-refractivity contribution is 7.99. The third kappa shape index (κ3) is 6.90. The van der Waals surface area contributed by atoms with Gasteiger partial charge in [0, 0.05) is 24.9 Å². The number of benzene rings is 2. The molecule has 9 heteroatoms. The summed E-state index contributed by atoms with van der Waals surface area (Å²) in [4.78, 5) is 0. The molecule has 0 amide bonds. The van der Waals surface area contributed by atoms with Crippen LogP contribution >= 0.6 is 24.2 Å². The normalized spacial score (nSPS) is 10.5. The van der Waals surface area contributed by atoms with E-state index in [0.29, 0.717) is 6.61 Å². The van der Waals surface area contributed by atoms with Gasteiger partial charge in [-0.3, -0.25) is 0 Å². The van der Waals surface area contributed by atoms with Crippen LogP contribution in [0.1, 0.15) is 23.1 Å². The first kappa shape index (κ1) is 24.0. The number of methoxy groups -OCH3 is 1. The Morgan fingerprint density at radius 3 is 2.63 bits per heavy atom. The summed E-state index contributed by atoms with van der Waals surface area (Å²) in [6.45, 7) is 4.21. The molecule has 1 heterocycles. The van der Waals surface area contributed by atoms with Crippen LogP contribution in [0.5, 0.6) is 11.5 Å². The number of nitrogens with one attached hydrogen (secondary N) is 1. The summed E-state index contributed by atoms with van der Waals surface area (Å²) in [5.74, 6) is 2.50. The van der Waals surface area contributed by atoms with Gasteiger partial charge in [0.1, 0.15) is 6.61 Å². The number of hydrogen-bond donors (Lipinski definition) is 1. The van der Waals surface area contributed by atoms with Gasteiger partial charge in [-0.05, 0) is 41.9 Å². The van der Waals surface area contributed by atoms with Gasteiger partial charge in [0.15, 0.2) is 11.5 Å². The molecule has 3 rings (SSSR count). The molecule has 7 nitrogen and oxygen atoms in total. The van der Waals surface area contributed by atoms with Crippen molar-refractivity contribution in [1.29, 1.82) is 0 Å². The van der Waals surface area contributed by atoms with Crippen molar-refractivity contribution in [3.63, 3.8) is 0 Å². The van der Waals surface area contributed by atoms with E-state index >= 15 is 0 Å². The quantitative estimate of drug-likeness (QED) is 0.352. The lowest BCUT2D eigenvalue weighted by Crippen LogP contribution is -2.16. The van der Waals surface area contributed by atoms with Crippen molar-refractivity contribution < 1.29 is 9.47 Å². The van der Waals surface area contributed by atoms with Gasteiger partial charge in [0.25, 0.3) is 0 Å². The van der Waals surface area contributed by atoms with E-state index in [4.69, 9.17) is 9.47 Å². The molecule has 0 bridgehead atoms. The minimum atomic E-state index is 0. The fraction of sp³-hybridized carbons (Fsp3) is 0.381. The van der Waals surface area contributed by atoms with Gasteiger partial charge in [-0.25, -0.2) is 4.68 Å². The minimum absolute atomic E-state index is 0. The molecule has 0 saturated carbocycles. The van der Waals surface area contributed by atoms with Crippen molar-refractivity contribution in [3.8, 4) is 11.5 Å². The SMILES string of the molecule is COc1cccc(CNCCCSc2nnnn2C)c1OCc1ccc(C)cc1.Cl. The summed E-state index contributed by atoms with van der Waals surface area (Å²) in [7, 11) is 3.52. The number of tetrazole rings is 1. The molecule has 0 fully saturated rings. The second kappa shape index (κ2) is 12.4. The minimum Gasteiger partial charge on any atom is -0.493 e. The van der Waals surface area contributed by atoms with Crippen molar-refractivity contribution >= 4 is 24.2 Å². The van der Waals surface area contributed by atoms with Crippen LogP contribution in [0.2, 0.25) is 0 Å². The van der Waals surface area contributed by atoms with Crippen LogP contribution in [0.3, 0.4) is 0 Å². The predicted molar refractivity (Wildman–Crippen MR) is 122 cm³/mol. The molecule has 0 unspecified atom stereocenters. The molecule has 30 heavy (non-hydrogen) atoms. The monoisotopic (exact) mass is 449 g/mol. The second-order valence-electron chi connectivity index (χ2n) is 6.69. The van der Waals surface area contributed by atoms with Crippen molar-refractivity contribution in [3.05, 3.63) is 59.2 Å². The van der Waals surface area contributed by atoms with E-state index < -0.39 is 0 Å². The highest BCUT2D eigenvalue weighted by atomic mass is 35.5. The molecular formula is C21H28ClN5O2S. The molecule has 0 aliphatic rings. The summed E-state index contributed by atoms with van der Waals surface area (Å²) < 4.78 is 13.3. The Labute approximate surface area is 188 Å². The molecular weight excluding hydrogens is 422 g/mol. The van der Waals surface area contributed by atoms with E-state index in [2.05, 4.69) is 58.1 Å². The number of aryl methyl sites for hydroxylation is 2. The summed E-state index contributed by atoms with van der Waals surface area (Å²) in [6, 6.07) is 14.4. The first-order valence-electron chi connectivity index (χ1n) is 9.57. The summed E-state index contributed by atoms with van der Waals surface area (Å²) in [6.07, 6.45) is 1.01. The predicted octanol–water partition coefficient (Wildman–Crippen LogP) is 3.80. The average molecular weight is 450 g/mol. The molecule has 0 atom stereocenters. The molecule has 0 aliphatic heterocycles. The van der Waals surface area contributed by atoms with E-state index in [-0.39, 0.29) is 12.4 Å². The highest BCUT2D eigenvalue weighted by Crippen LogP contribution is 2.31. The van der Waals surface area contributed by atoms with Crippen LogP contribution in [0.4, 0.5) is 0 Å². The standard InChI is InChI=1S/C21H27N5O2S.ClH/c1-16-8-10-17(11-9-16)15-28-20-18(6-4-7-19(20)27-3)14-22-12-5-13-29-21-23-24-25-26(21)2;/h4,6-11,22H,5,12-15H2,1-3H3;1H. The molecule has 1 aromatic heterocycles. The maximum atomic E-state index is 6.13. The van der Waals surface area contributed by atoms with Crippen molar-refractivity contribution in [2.75, 3.05) is 19.4 Å². The van der Waals surface area contributed by atoms with E-state index in [0.717, 1.165) is 53.0 Å². The smallest absolute Gasteiger partial charge is 0.209 e. The van der Waals surface area contributed by atoms with Crippen LogP contribution in [-0.2, 0) is 20.2 Å². The van der Waals surface area contributed by atoms with E-state index in [1.165, 1.54) is 5.56 Å². The molecule has 0 aliphatic carbocycles. The summed E-state index contributed by atoms with van der Waals surface area (Å²) >= 11 is 1.66. The number of aromatic nitrogens is 4. The molecule has 0 saturated heterocycles. The number of ether oxygens (including phenoxy) is 2. The van der Waals surface area contributed by atoms with Gasteiger partial charge in [-0.15, -0.1) is 17.5 Å². The number of hydrogen-bond acceptors (Lipinski definition) is 7. The van der Waals surface area contributed by atoms with Gasteiger partial charge in [-0.1, -0.05) is 53.7 Å². The fourth-order valence-electron chi connectivity index (χ4n) is 2.79. The van der Waals surface area contributed by atoms with Gasteiger partial charge in [0.05, 0.1) is 7.11 Å².